The maximum Gasteiger partial charge on any atom is 0.488 e. The maximum atomic E-state index is 14.5. The van der Waals surface area contributed by atoms with E-state index in [9.17, 15) is 24.0 Å². The van der Waals surface area contributed by atoms with Gasteiger partial charge in [0.1, 0.15) is 23.4 Å². The van der Waals surface area contributed by atoms with Gasteiger partial charge in [0.2, 0.25) is 11.8 Å². The number of fused-ring (bicyclic) bond motifs is 3. The fraction of sp³-hybridized carbons (Fsp3) is 0.275. The molecule has 11 nitrogen and oxygen atoms in total. The Morgan fingerprint density at radius 3 is 2.50 bits per heavy atom. The summed E-state index contributed by atoms with van der Waals surface area (Å²) in [6.07, 6.45) is 1.46. The lowest BCUT2D eigenvalue weighted by atomic mass is 9.80. The van der Waals surface area contributed by atoms with Crippen LogP contribution in [-0.2, 0) is 22.6 Å². The zero-order valence-corrected chi connectivity index (χ0v) is 30.6. The van der Waals surface area contributed by atoms with E-state index < -0.39 is 19.0 Å². The normalized spacial score (nSPS) is 15.5. The second-order valence-electron chi connectivity index (χ2n) is 13.6. The zero-order valence-electron chi connectivity index (χ0n) is 29.9. The van der Waals surface area contributed by atoms with Gasteiger partial charge in [-0.05, 0) is 84.2 Å². The third-order valence-electron chi connectivity index (χ3n) is 10.1. The Morgan fingerprint density at radius 1 is 1.00 bits per heavy atom. The fourth-order valence-corrected chi connectivity index (χ4v) is 7.31. The van der Waals surface area contributed by atoms with Gasteiger partial charge < -0.3 is 25.0 Å². The summed E-state index contributed by atoms with van der Waals surface area (Å²) in [4.78, 5) is 33.5. The smallest absolute Gasteiger partial charge is 0.488 e. The number of benzene rings is 4. The minimum absolute atomic E-state index is 0.0393. The molecule has 1 aromatic heterocycles. The molecule has 276 valence electrons. The summed E-state index contributed by atoms with van der Waals surface area (Å²) in [6, 6.07) is 24.6. The minimum Gasteiger partial charge on any atom is -0.497 e. The van der Waals surface area contributed by atoms with Crippen molar-refractivity contribution in [2.24, 2.45) is 4.99 Å². The van der Waals surface area contributed by atoms with Crippen molar-refractivity contribution in [1.82, 2.24) is 25.0 Å². The number of aromatic nitrogens is 3. The first-order valence-electron chi connectivity index (χ1n) is 17.8. The number of hydrogen-bond acceptors (Lipinski definition) is 8. The van der Waals surface area contributed by atoms with Gasteiger partial charge in [-0.1, -0.05) is 60.1 Å². The second-order valence-corrected chi connectivity index (χ2v) is 14.0. The maximum absolute atomic E-state index is 14.5. The van der Waals surface area contributed by atoms with Crippen LogP contribution in [0.2, 0.25) is 5.02 Å². The summed E-state index contributed by atoms with van der Waals surface area (Å²) in [5, 5.41) is 31.1. The lowest BCUT2D eigenvalue weighted by Gasteiger charge is -2.32. The monoisotopic (exact) mass is 748 g/mol. The first-order chi connectivity index (χ1) is 26.1. The fourth-order valence-electron chi connectivity index (χ4n) is 7.19. The van der Waals surface area contributed by atoms with Gasteiger partial charge in [-0.15, -0.1) is 10.2 Å². The topological polar surface area (TPSA) is 142 Å². The van der Waals surface area contributed by atoms with Crippen LogP contribution in [0.15, 0.2) is 89.9 Å². The Hall–Kier alpha value is -5.37. The van der Waals surface area contributed by atoms with E-state index in [0.29, 0.717) is 47.8 Å². The molecule has 5 aromatic rings. The first kappa shape index (κ1) is 37.0. The van der Waals surface area contributed by atoms with Crippen molar-refractivity contribution in [3.05, 3.63) is 135 Å². The molecule has 14 heteroatoms. The standard InChI is InChI=1S/C40H39BClFN6O5/c1-24-46-47-40-35(45-39(27-7-10-31(42)11-8-27)33-21-32(54-2)12-13-36(33)49(24)40)22-37(50)44-23-25-4-3-5-28(18-25)26-14-16-48(17-15-26)38(51)19-29-6-9-30(41(52)53)20-34(29)43/h3-13,18,20-21,26,35,52-53H,14-17,19,22-23H2,1-2H3,(H,44,50)/t35-/m0/s1. The van der Waals surface area contributed by atoms with E-state index in [-0.39, 0.29) is 41.6 Å². The van der Waals surface area contributed by atoms with E-state index >= 15 is 0 Å². The highest BCUT2D eigenvalue weighted by Gasteiger charge is 2.30. The van der Waals surface area contributed by atoms with Gasteiger partial charge in [0.15, 0.2) is 5.82 Å². The molecule has 0 bridgehead atoms. The van der Waals surface area contributed by atoms with Gasteiger partial charge >= 0.3 is 7.12 Å². The average molecular weight is 749 g/mol. The minimum atomic E-state index is -1.77. The molecule has 1 atom stereocenters. The van der Waals surface area contributed by atoms with Crippen molar-refractivity contribution in [3.63, 3.8) is 0 Å². The number of ether oxygens (including phenoxy) is 1. The molecule has 0 unspecified atom stereocenters. The average Bonchev–Trinajstić information content (AvgIpc) is 3.51. The summed E-state index contributed by atoms with van der Waals surface area (Å²) < 4.78 is 22.0. The number of hydrogen-bond donors (Lipinski definition) is 3. The van der Waals surface area contributed by atoms with E-state index in [0.717, 1.165) is 46.8 Å². The van der Waals surface area contributed by atoms with Gasteiger partial charge in [0.05, 0.1) is 31.4 Å². The van der Waals surface area contributed by atoms with Crippen molar-refractivity contribution in [2.45, 2.75) is 51.1 Å². The highest BCUT2D eigenvalue weighted by Crippen LogP contribution is 2.35. The Bertz CT molecular complexity index is 2220. The number of likely N-dealkylation sites (tertiary alicyclic amines) is 1. The van der Waals surface area contributed by atoms with Crippen LogP contribution < -0.4 is 15.5 Å². The number of nitrogens with zero attached hydrogens (tertiary/aromatic N) is 5. The van der Waals surface area contributed by atoms with Gasteiger partial charge in [-0.25, -0.2) is 4.39 Å². The molecular weight excluding hydrogens is 710 g/mol. The van der Waals surface area contributed by atoms with Crippen LogP contribution in [-0.4, -0.2) is 74.6 Å². The van der Waals surface area contributed by atoms with Crippen LogP contribution in [0.1, 0.15) is 70.7 Å². The molecule has 7 rings (SSSR count). The number of aliphatic imine (C=N–C) groups is 1. The lowest BCUT2D eigenvalue weighted by molar-refractivity contribution is -0.131. The van der Waals surface area contributed by atoms with E-state index in [1.807, 2.05) is 66.1 Å². The third-order valence-corrected chi connectivity index (χ3v) is 10.4. The molecule has 0 radical (unpaired) electrons. The third kappa shape index (κ3) is 7.93. The number of methoxy groups -OCH3 is 1. The van der Waals surface area contributed by atoms with E-state index in [1.165, 1.54) is 12.1 Å². The van der Waals surface area contributed by atoms with E-state index in [4.69, 9.17) is 21.3 Å². The van der Waals surface area contributed by atoms with Crippen LogP contribution in [0.3, 0.4) is 0 Å². The Balaban J connectivity index is 1.01. The molecule has 4 aromatic carbocycles. The van der Waals surface area contributed by atoms with Crippen molar-refractivity contribution < 1.29 is 28.8 Å². The molecule has 54 heavy (non-hydrogen) atoms. The number of piperidine rings is 1. The molecule has 3 heterocycles. The lowest BCUT2D eigenvalue weighted by Crippen LogP contribution is -2.39. The van der Waals surface area contributed by atoms with Crippen LogP contribution in [0, 0.1) is 12.7 Å². The number of aryl methyl sites for hydroxylation is 1. The van der Waals surface area contributed by atoms with Gasteiger partial charge in [0, 0.05) is 35.8 Å². The Kier molecular flexibility index (Phi) is 10.9. The molecule has 2 aliphatic heterocycles. The SMILES string of the molecule is COc1ccc2c(c1)C(c1ccc(Cl)cc1)=N[C@@H](CC(=O)NCc1cccc(C3CCN(C(=O)Cc4ccc(B(O)O)cc4F)CC3)c1)c1nnc(C)n1-2. The van der Waals surface area contributed by atoms with Crippen molar-refractivity contribution >= 4 is 41.7 Å². The molecular formula is C40H39BClFN6O5. The second kappa shape index (κ2) is 15.9. The molecule has 0 saturated carbocycles. The highest BCUT2D eigenvalue weighted by molar-refractivity contribution is 6.58. The van der Waals surface area contributed by atoms with E-state index in [1.54, 1.807) is 12.0 Å². The number of amides is 2. The van der Waals surface area contributed by atoms with E-state index in [2.05, 4.69) is 27.6 Å². The Labute approximate surface area is 317 Å². The zero-order chi connectivity index (χ0) is 37.9. The molecule has 1 fully saturated rings. The molecule has 0 aliphatic carbocycles. The molecule has 2 amide bonds. The van der Waals surface area contributed by atoms with Gasteiger partial charge in [-0.2, -0.15) is 0 Å². The molecule has 1 saturated heterocycles. The number of carbonyl (C=O) groups is 2. The predicted molar refractivity (Wildman–Crippen MR) is 204 cm³/mol. The van der Waals surface area contributed by atoms with Gasteiger partial charge in [-0.3, -0.25) is 19.1 Å². The van der Waals surface area contributed by atoms with Gasteiger partial charge in [0.25, 0.3) is 0 Å². The largest absolute Gasteiger partial charge is 0.497 e. The number of nitrogens with one attached hydrogen (secondary N) is 1. The summed E-state index contributed by atoms with van der Waals surface area (Å²) in [7, 11) is -0.157. The van der Waals surface area contributed by atoms with Crippen molar-refractivity contribution in [3.8, 4) is 11.4 Å². The van der Waals surface area contributed by atoms with Crippen molar-refractivity contribution in [2.75, 3.05) is 20.2 Å². The number of rotatable bonds is 10. The summed E-state index contributed by atoms with van der Waals surface area (Å²) in [5.41, 5.74) is 5.53. The Morgan fingerprint density at radius 2 is 1.78 bits per heavy atom. The molecule has 0 spiro atoms. The predicted octanol–water partition coefficient (Wildman–Crippen LogP) is 4.60. The summed E-state index contributed by atoms with van der Waals surface area (Å²) in [6.45, 7) is 3.28. The highest BCUT2D eigenvalue weighted by atomic mass is 35.5. The van der Waals surface area contributed by atoms with Crippen LogP contribution in [0.5, 0.6) is 5.75 Å². The molecule has 3 N–H and O–H groups in total. The summed E-state index contributed by atoms with van der Waals surface area (Å²) >= 11 is 6.23. The van der Waals surface area contributed by atoms with Crippen LogP contribution in [0.4, 0.5) is 4.39 Å². The quantitative estimate of drug-likeness (QED) is 0.177. The number of halogens is 2. The molecule has 2 aliphatic rings. The van der Waals surface area contributed by atoms with Crippen molar-refractivity contribution in [1.29, 1.82) is 0 Å². The van der Waals surface area contributed by atoms with Crippen LogP contribution in [0.25, 0.3) is 5.69 Å². The number of carbonyl (C=O) groups excluding carboxylic acids is 2. The first-order valence-corrected chi connectivity index (χ1v) is 18.2. The summed E-state index contributed by atoms with van der Waals surface area (Å²) in [5.74, 6) is 1.14. The van der Waals surface area contributed by atoms with Crippen LogP contribution >= 0.6 is 11.6 Å².